The molecule has 2 unspecified atom stereocenters. The van der Waals surface area contributed by atoms with Crippen molar-refractivity contribution in [3.05, 3.63) is 34.9 Å². The van der Waals surface area contributed by atoms with Crippen LogP contribution in [0.2, 0.25) is 5.02 Å². The first kappa shape index (κ1) is 17.2. The van der Waals surface area contributed by atoms with E-state index < -0.39 is 6.10 Å². The van der Waals surface area contributed by atoms with Gasteiger partial charge in [-0.05, 0) is 24.6 Å². The third kappa shape index (κ3) is 4.82. The molecule has 0 heterocycles. The molecule has 1 amide bonds. The molecule has 0 bridgehead atoms. The van der Waals surface area contributed by atoms with E-state index in [4.69, 9.17) is 22.1 Å². The van der Waals surface area contributed by atoms with Gasteiger partial charge in [0.05, 0.1) is 6.04 Å². The highest BCUT2D eigenvalue weighted by Gasteiger charge is 2.18. The van der Waals surface area contributed by atoms with Crippen molar-refractivity contribution >= 4 is 29.9 Å². The Morgan fingerprint density at radius 1 is 1.44 bits per heavy atom. The van der Waals surface area contributed by atoms with Crippen molar-refractivity contribution in [3.8, 4) is 0 Å². The lowest BCUT2D eigenvalue weighted by Crippen LogP contribution is -2.41. The number of hydrogen-bond acceptors (Lipinski definition) is 3. The van der Waals surface area contributed by atoms with E-state index in [0.29, 0.717) is 5.02 Å². The molecule has 102 valence electrons. The van der Waals surface area contributed by atoms with Crippen LogP contribution in [-0.2, 0) is 9.53 Å². The summed E-state index contributed by atoms with van der Waals surface area (Å²) in [6, 6.07) is 7.21. The standard InChI is InChI=1S/C12H17ClN2O2.ClH/c1-8(9-3-5-10(13)6-4-9)15-12(16)11(7-14)17-2;/h3-6,8,11H,7,14H2,1-2H3,(H,15,16);1H. The zero-order valence-corrected chi connectivity index (χ0v) is 11.9. The average Bonchev–Trinajstić information content (AvgIpc) is 2.31. The van der Waals surface area contributed by atoms with Crippen molar-refractivity contribution in [1.29, 1.82) is 0 Å². The van der Waals surface area contributed by atoms with E-state index in [1.165, 1.54) is 7.11 Å². The van der Waals surface area contributed by atoms with Gasteiger partial charge >= 0.3 is 0 Å². The molecule has 0 fully saturated rings. The molecule has 0 aliphatic rings. The number of ether oxygens (including phenoxy) is 1. The largest absolute Gasteiger partial charge is 0.370 e. The average molecular weight is 293 g/mol. The zero-order valence-electron chi connectivity index (χ0n) is 10.4. The minimum atomic E-state index is -0.607. The van der Waals surface area contributed by atoms with Crippen molar-refractivity contribution in [2.75, 3.05) is 13.7 Å². The third-order valence-corrected chi connectivity index (χ3v) is 2.77. The molecule has 0 aliphatic heterocycles. The van der Waals surface area contributed by atoms with Gasteiger partial charge in [-0.15, -0.1) is 12.4 Å². The number of carbonyl (C=O) groups excluding carboxylic acids is 1. The van der Waals surface area contributed by atoms with Gasteiger partial charge in [-0.1, -0.05) is 23.7 Å². The Kier molecular flexibility index (Phi) is 7.95. The molecule has 1 rings (SSSR count). The fourth-order valence-electron chi connectivity index (χ4n) is 1.45. The SMILES string of the molecule is COC(CN)C(=O)NC(C)c1ccc(Cl)cc1.Cl. The number of amides is 1. The number of hydrogen-bond donors (Lipinski definition) is 2. The van der Waals surface area contributed by atoms with Gasteiger partial charge in [-0.3, -0.25) is 4.79 Å². The first-order chi connectivity index (χ1) is 8.08. The van der Waals surface area contributed by atoms with Crippen molar-refractivity contribution < 1.29 is 9.53 Å². The van der Waals surface area contributed by atoms with Gasteiger partial charge < -0.3 is 15.8 Å². The van der Waals surface area contributed by atoms with Crippen LogP contribution in [0.4, 0.5) is 0 Å². The summed E-state index contributed by atoms with van der Waals surface area (Å²) in [5, 5.41) is 3.50. The lowest BCUT2D eigenvalue weighted by Gasteiger charge is -2.18. The number of benzene rings is 1. The molecule has 18 heavy (non-hydrogen) atoms. The van der Waals surface area contributed by atoms with Crippen LogP contribution in [0.1, 0.15) is 18.5 Å². The fourth-order valence-corrected chi connectivity index (χ4v) is 1.58. The van der Waals surface area contributed by atoms with Crippen molar-refractivity contribution in [2.45, 2.75) is 19.1 Å². The Balaban J connectivity index is 0.00000289. The van der Waals surface area contributed by atoms with Crippen molar-refractivity contribution in [1.82, 2.24) is 5.32 Å². The molecule has 0 radical (unpaired) electrons. The summed E-state index contributed by atoms with van der Waals surface area (Å²) >= 11 is 5.79. The van der Waals surface area contributed by atoms with Gasteiger partial charge in [-0.25, -0.2) is 0 Å². The summed E-state index contributed by atoms with van der Waals surface area (Å²) < 4.78 is 4.96. The highest BCUT2D eigenvalue weighted by molar-refractivity contribution is 6.30. The van der Waals surface area contributed by atoms with Crippen LogP contribution < -0.4 is 11.1 Å². The predicted octanol–water partition coefficient (Wildman–Crippen LogP) is 1.91. The first-order valence-electron chi connectivity index (χ1n) is 5.37. The van der Waals surface area contributed by atoms with Crippen molar-refractivity contribution in [3.63, 3.8) is 0 Å². The number of nitrogens with one attached hydrogen (secondary N) is 1. The van der Waals surface area contributed by atoms with Gasteiger partial charge in [0.2, 0.25) is 0 Å². The Bertz CT molecular complexity index is 367. The Morgan fingerprint density at radius 3 is 2.44 bits per heavy atom. The molecule has 0 aromatic heterocycles. The molecule has 2 atom stereocenters. The summed E-state index contributed by atoms with van der Waals surface area (Å²) in [6.45, 7) is 2.06. The van der Waals surface area contributed by atoms with Gasteiger partial charge in [0, 0.05) is 18.7 Å². The number of nitrogens with two attached hydrogens (primary N) is 1. The van der Waals surface area contributed by atoms with Crippen LogP contribution in [0, 0.1) is 0 Å². The van der Waals surface area contributed by atoms with Gasteiger partial charge in [0.25, 0.3) is 5.91 Å². The molecular formula is C12H18Cl2N2O2. The molecule has 1 aromatic carbocycles. The quantitative estimate of drug-likeness (QED) is 0.871. The van der Waals surface area contributed by atoms with Crippen LogP contribution >= 0.6 is 24.0 Å². The zero-order chi connectivity index (χ0) is 12.8. The summed E-state index contributed by atoms with van der Waals surface area (Å²) in [6.07, 6.45) is -0.607. The van der Waals surface area contributed by atoms with E-state index in [2.05, 4.69) is 5.32 Å². The predicted molar refractivity (Wildman–Crippen MR) is 75.1 cm³/mol. The highest BCUT2D eigenvalue weighted by Crippen LogP contribution is 2.16. The second-order valence-corrected chi connectivity index (χ2v) is 4.18. The van der Waals surface area contributed by atoms with E-state index in [-0.39, 0.29) is 30.9 Å². The second kappa shape index (κ2) is 8.32. The Hall–Kier alpha value is -0.810. The van der Waals surface area contributed by atoms with E-state index >= 15 is 0 Å². The number of carbonyl (C=O) groups is 1. The summed E-state index contributed by atoms with van der Waals surface area (Å²) in [4.78, 5) is 11.7. The van der Waals surface area contributed by atoms with E-state index in [1.54, 1.807) is 12.1 Å². The van der Waals surface area contributed by atoms with E-state index in [9.17, 15) is 4.79 Å². The maximum absolute atomic E-state index is 11.7. The van der Waals surface area contributed by atoms with Gasteiger partial charge in [-0.2, -0.15) is 0 Å². The van der Waals surface area contributed by atoms with Crippen LogP contribution in [0.15, 0.2) is 24.3 Å². The van der Waals surface area contributed by atoms with Crippen molar-refractivity contribution in [2.24, 2.45) is 5.73 Å². The fraction of sp³-hybridized carbons (Fsp3) is 0.417. The molecule has 0 spiro atoms. The normalized spacial score (nSPS) is 13.3. The Morgan fingerprint density at radius 2 is 2.00 bits per heavy atom. The highest BCUT2D eigenvalue weighted by atomic mass is 35.5. The van der Waals surface area contributed by atoms with Crippen LogP contribution in [0.5, 0.6) is 0 Å². The first-order valence-corrected chi connectivity index (χ1v) is 5.75. The molecule has 0 saturated carbocycles. The topological polar surface area (TPSA) is 64.3 Å². The maximum atomic E-state index is 11.7. The van der Waals surface area contributed by atoms with E-state index in [1.807, 2.05) is 19.1 Å². The molecule has 3 N–H and O–H groups in total. The molecule has 1 aromatic rings. The monoisotopic (exact) mass is 292 g/mol. The molecule has 6 heteroatoms. The number of halogens is 2. The third-order valence-electron chi connectivity index (χ3n) is 2.52. The lowest BCUT2D eigenvalue weighted by molar-refractivity contribution is -0.131. The maximum Gasteiger partial charge on any atom is 0.250 e. The van der Waals surface area contributed by atoms with Gasteiger partial charge in [0.15, 0.2) is 0 Å². The second-order valence-electron chi connectivity index (χ2n) is 3.74. The van der Waals surface area contributed by atoms with E-state index in [0.717, 1.165) is 5.56 Å². The lowest BCUT2D eigenvalue weighted by atomic mass is 10.1. The number of methoxy groups -OCH3 is 1. The summed E-state index contributed by atoms with van der Waals surface area (Å²) in [7, 11) is 1.46. The van der Waals surface area contributed by atoms with Crippen LogP contribution in [0.25, 0.3) is 0 Å². The minimum absolute atomic E-state index is 0. The van der Waals surface area contributed by atoms with Gasteiger partial charge in [0.1, 0.15) is 6.10 Å². The van der Waals surface area contributed by atoms with Crippen LogP contribution in [-0.4, -0.2) is 25.7 Å². The minimum Gasteiger partial charge on any atom is -0.370 e. The number of rotatable bonds is 5. The summed E-state index contributed by atoms with van der Waals surface area (Å²) in [5.74, 6) is -0.211. The molecule has 0 aliphatic carbocycles. The summed E-state index contributed by atoms with van der Waals surface area (Å²) in [5.41, 5.74) is 6.40. The smallest absolute Gasteiger partial charge is 0.250 e. The molecule has 0 saturated heterocycles. The molecule has 4 nitrogen and oxygen atoms in total. The Labute approximate surface area is 118 Å². The molecular weight excluding hydrogens is 275 g/mol. The van der Waals surface area contributed by atoms with Crippen LogP contribution in [0.3, 0.4) is 0 Å².